The molecule has 1 aromatic carbocycles. The van der Waals surface area contributed by atoms with Gasteiger partial charge in [0.2, 0.25) is 0 Å². The molecule has 1 aliphatic rings. The van der Waals surface area contributed by atoms with E-state index in [0.717, 1.165) is 37.3 Å². The van der Waals surface area contributed by atoms with E-state index in [1.807, 2.05) is 12.1 Å². The third-order valence-electron chi connectivity index (χ3n) is 3.77. The SMILES string of the molecule is CCCN1CCc2[nH]nc(-c3ccc(O)c(Br)c3)c2C1. The van der Waals surface area contributed by atoms with Crippen molar-refractivity contribution < 1.29 is 5.11 Å². The highest BCUT2D eigenvalue weighted by Gasteiger charge is 2.22. The van der Waals surface area contributed by atoms with Gasteiger partial charge in [0.1, 0.15) is 5.75 Å². The Morgan fingerprint density at radius 1 is 1.45 bits per heavy atom. The predicted octanol–water partition coefficient (Wildman–Crippen LogP) is 3.31. The van der Waals surface area contributed by atoms with Crippen molar-refractivity contribution in [2.24, 2.45) is 0 Å². The second-order valence-electron chi connectivity index (χ2n) is 5.22. The van der Waals surface area contributed by atoms with Crippen LogP contribution in [0.1, 0.15) is 24.6 Å². The van der Waals surface area contributed by atoms with Crippen LogP contribution in [0.2, 0.25) is 0 Å². The average molecular weight is 336 g/mol. The number of aromatic amines is 1. The number of H-pyrrole nitrogens is 1. The van der Waals surface area contributed by atoms with Crippen LogP contribution in [0.25, 0.3) is 11.3 Å². The lowest BCUT2D eigenvalue weighted by Gasteiger charge is -2.26. The normalized spacial score (nSPS) is 15.3. The van der Waals surface area contributed by atoms with Crippen LogP contribution in [-0.4, -0.2) is 33.3 Å². The molecule has 0 saturated heterocycles. The lowest BCUT2D eigenvalue weighted by Crippen LogP contribution is -2.31. The van der Waals surface area contributed by atoms with E-state index in [0.29, 0.717) is 4.47 Å². The van der Waals surface area contributed by atoms with Gasteiger partial charge in [0, 0.05) is 36.3 Å². The number of nitrogens with one attached hydrogen (secondary N) is 1. The molecule has 0 saturated carbocycles. The number of phenolic OH excluding ortho intramolecular Hbond substituents is 1. The fraction of sp³-hybridized carbons (Fsp3) is 0.400. The highest BCUT2D eigenvalue weighted by Crippen LogP contribution is 2.33. The van der Waals surface area contributed by atoms with Crippen molar-refractivity contribution in [3.05, 3.63) is 33.9 Å². The van der Waals surface area contributed by atoms with Gasteiger partial charge in [0.05, 0.1) is 10.2 Å². The summed E-state index contributed by atoms with van der Waals surface area (Å²) in [5.74, 6) is 0.255. The maximum Gasteiger partial charge on any atom is 0.129 e. The van der Waals surface area contributed by atoms with Crippen LogP contribution in [0, 0.1) is 0 Å². The zero-order valence-corrected chi connectivity index (χ0v) is 13.1. The van der Waals surface area contributed by atoms with Gasteiger partial charge in [-0.1, -0.05) is 6.92 Å². The number of fused-ring (bicyclic) bond motifs is 1. The first kappa shape index (κ1) is 13.6. The minimum atomic E-state index is 0.255. The first-order valence-electron chi connectivity index (χ1n) is 6.96. The van der Waals surface area contributed by atoms with Crippen molar-refractivity contribution in [3.63, 3.8) is 0 Å². The van der Waals surface area contributed by atoms with E-state index >= 15 is 0 Å². The summed E-state index contributed by atoms with van der Waals surface area (Å²) < 4.78 is 0.702. The fourth-order valence-electron chi connectivity index (χ4n) is 2.75. The number of benzene rings is 1. The molecule has 3 rings (SSSR count). The molecule has 1 aliphatic heterocycles. The minimum absolute atomic E-state index is 0.255. The van der Waals surface area contributed by atoms with Crippen molar-refractivity contribution in [2.45, 2.75) is 26.3 Å². The molecule has 4 nitrogen and oxygen atoms in total. The highest BCUT2D eigenvalue weighted by molar-refractivity contribution is 9.10. The van der Waals surface area contributed by atoms with Crippen molar-refractivity contribution in [1.82, 2.24) is 15.1 Å². The van der Waals surface area contributed by atoms with Crippen molar-refractivity contribution in [3.8, 4) is 17.0 Å². The molecule has 0 fully saturated rings. The second kappa shape index (κ2) is 5.58. The molecule has 0 bridgehead atoms. The molecule has 2 N–H and O–H groups in total. The standard InChI is InChI=1S/C15H18BrN3O/c1-2-6-19-7-5-13-11(9-19)15(18-17-13)10-3-4-14(20)12(16)8-10/h3-4,8,20H,2,5-7,9H2,1H3,(H,17,18). The average Bonchev–Trinajstić information content (AvgIpc) is 2.85. The molecular formula is C15H18BrN3O. The van der Waals surface area contributed by atoms with Gasteiger partial charge in [-0.25, -0.2) is 0 Å². The Kier molecular flexibility index (Phi) is 3.81. The third kappa shape index (κ3) is 2.47. The lowest BCUT2D eigenvalue weighted by molar-refractivity contribution is 0.254. The Morgan fingerprint density at radius 2 is 2.30 bits per heavy atom. The first-order valence-corrected chi connectivity index (χ1v) is 7.75. The van der Waals surface area contributed by atoms with E-state index in [1.165, 1.54) is 17.7 Å². The molecule has 0 spiro atoms. The Labute approximate surface area is 126 Å². The first-order chi connectivity index (χ1) is 9.69. The molecule has 0 atom stereocenters. The van der Waals surface area contributed by atoms with Crippen LogP contribution in [0.4, 0.5) is 0 Å². The molecule has 20 heavy (non-hydrogen) atoms. The van der Waals surface area contributed by atoms with Crippen molar-refractivity contribution in [1.29, 1.82) is 0 Å². The monoisotopic (exact) mass is 335 g/mol. The zero-order valence-electron chi connectivity index (χ0n) is 11.5. The van der Waals surface area contributed by atoms with Crippen LogP contribution >= 0.6 is 15.9 Å². The van der Waals surface area contributed by atoms with Crippen LogP contribution in [-0.2, 0) is 13.0 Å². The van der Waals surface area contributed by atoms with Crippen LogP contribution in [0.15, 0.2) is 22.7 Å². The molecule has 0 amide bonds. The summed E-state index contributed by atoms with van der Waals surface area (Å²) in [6.07, 6.45) is 2.20. The van der Waals surface area contributed by atoms with E-state index in [4.69, 9.17) is 0 Å². The maximum atomic E-state index is 9.61. The zero-order chi connectivity index (χ0) is 14.1. The van der Waals surface area contributed by atoms with Gasteiger partial charge in [-0.15, -0.1) is 0 Å². The highest BCUT2D eigenvalue weighted by atomic mass is 79.9. The Morgan fingerprint density at radius 3 is 3.05 bits per heavy atom. The second-order valence-corrected chi connectivity index (χ2v) is 6.08. The molecule has 2 aromatic rings. The van der Waals surface area contributed by atoms with Gasteiger partial charge < -0.3 is 5.11 Å². The quantitative estimate of drug-likeness (QED) is 0.904. The number of nitrogens with zero attached hydrogens (tertiary/aromatic N) is 2. The van der Waals surface area contributed by atoms with Gasteiger partial charge in [-0.05, 0) is 47.1 Å². The number of halogens is 1. The van der Waals surface area contributed by atoms with E-state index in [2.05, 4.69) is 38.0 Å². The fourth-order valence-corrected chi connectivity index (χ4v) is 3.13. The van der Waals surface area contributed by atoms with Gasteiger partial charge in [-0.3, -0.25) is 10.00 Å². The number of hydrogen-bond acceptors (Lipinski definition) is 3. The van der Waals surface area contributed by atoms with Gasteiger partial charge in [-0.2, -0.15) is 5.10 Å². The maximum absolute atomic E-state index is 9.61. The van der Waals surface area contributed by atoms with E-state index in [1.54, 1.807) is 6.07 Å². The van der Waals surface area contributed by atoms with E-state index < -0.39 is 0 Å². The molecule has 0 radical (unpaired) electrons. The molecule has 2 heterocycles. The minimum Gasteiger partial charge on any atom is -0.507 e. The molecule has 106 valence electrons. The Bertz CT molecular complexity index is 624. The molecule has 5 heteroatoms. The van der Waals surface area contributed by atoms with Crippen LogP contribution in [0.5, 0.6) is 5.75 Å². The molecule has 1 aromatic heterocycles. The number of hydrogen-bond donors (Lipinski definition) is 2. The number of aromatic nitrogens is 2. The summed E-state index contributed by atoms with van der Waals surface area (Å²) in [6.45, 7) is 5.39. The summed E-state index contributed by atoms with van der Waals surface area (Å²) in [7, 11) is 0. The number of aromatic hydroxyl groups is 1. The summed E-state index contributed by atoms with van der Waals surface area (Å²) in [6, 6.07) is 5.53. The molecule has 0 unspecified atom stereocenters. The summed E-state index contributed by atoms with van der Waals surface area (Å²) in [5.41, 5.74) is 4.57. The Balaban J connectivity index is 1.95. The van der Waals surface area contributed by atoms with Crippen molar-refractivity contribution >= 4 is 15.9 Å². The van der Waals surface area contributed by atoms with Gasteiger partial charge in [0.15, 0.2) is 0 Å². The smallest absolute Gasteiger partial charge is 0.129 e. The third-order valence-corrected chi connectivity index (χ3v) is 4.41. The summed E-state index contributed by atoms with van der Waals surface area (Å²) in [4.78, 5) is 2.47. The van der Waals surface area contributed by atoms with E-state index in [-0.39, 0.29) is 5.75 Å². The molecular weight excluding hydrogens is 318 g/mol. The number of phenols is 1. The largest absolute Gasteiger partial charge is 0.507 e. The van der Waals surface area contributed by atoms with E-state index in [9.17, 15) is 5.11 Å². The topological polar surface area (TPSA) is 52.2 Å². The summed E-state index contributed by atoms with van der Waals surface area (Å²) >= 11 is 3.37. The van der Waals surface area contributed by atoms with Crippen molar-refractivity contribution in [2.75, 3.05) is 13.1 Å². The number of rotatable bonds is 3. The predicted molar refractivity (Wildman–Crippen MR) is 82.7 cm³/mol. The Hall–Kier alpha value is -1.33. The van der Waals surface area contributed by atoms with Gasteiger partial charge in [0.25, 0.3) is 0 Å². The van der Waals surface area contributed by atoms with Gasteiger partial charge >= 0.3 is 0 Å². The van der Waals surface area contributed by atoms with Crippen LogP contribution < -0.4 is 0 Å². The van der Waals surface area contributed by atoms with Crippen LogP contribution in [0.3, 0.4) is 0 Å². The lowest BCUT2D eigenvalue weighted by atomic mass is 10.0. The summed E-state index contributed by atoms with van der Waals surface area (Å²) in [5, 5.41) is 17.3. The molecule has 0 aliphatic carbocycles.